The molecule has 0 unspecified atom stereocenters. The first-order valence-electron chi connectivity index (χ1n) is 8.35. The fourth-order valence-electron chi connectivity index (χ4n) is 2.67. The van der Waals surface area contributed by atoms with E-state index in [-0.39, 0.29) is 11.9 Å². The number of amides is 3. The van der Waals surface area contributed by atoms with E-state index in [4.69, 9.17) is 0 Å². The number of rotatable bonds is 5. The number of thioether (sulfide) groups is 1. The molecule has 0 saturated carbocycles. The molecule has 3 heterocycles. The van der Waals surface area contributed by atoms with Crippen molar-refractivity contribution in [2.24, 2.45) is 0 Å². The van der Waals surface area contributed by atoms with Gasteiger partial charge in [-0.15, -0.1) is 0 Å². The van der Waals surface area contributed by atoms with Crippen LogP contribution in [0.15, 0.2) is 35.5 Å². The van der Waals surface area contributed by atoms with Gasteiger partial charge in [0.2, 0.25) is 5.91 Å². The van der Waals surface area contributed by atoms with Gasteiger partial charge in [0, 0.05) is 26.8 Å². The maximum absolute atomic E-state index is 12.1. The summed E-state index contributed by atoms with van der Waals surface area (Å²) in [4.78, 5) is 31.6. The fourth-order valence-corrected chi connectivity index (χ4v) is 3.36. The molecule has 3 rings (SSSR count). The minimum absolute atomic E-state index is 0.00107. The Morgan fingerprint density at radius 2 is 2.15 bits per heavy atom. The molecule has 2 aromatic rings. The number of carbonyl (C=O) groups is 2. The molecule has 1 aliphatic rings. The highest BCUT2D eigenvalue weighted by Gasteiger charge is 2.23. The van der Waals surface area contributed by atoms with Gasteiger partial charge in [0.05, 0.1) is 41.8 Å². The fraction of sp³-hybridized carbons (Fsp3) is 0.412. The number of pyridine rings is 1. The summed E-state index contributed by atoms with van der Waals surface area (Å²) >= 11 is 1.40. The third-order valence-corrected chi connectivity index (χ3v) is 4.90. The Kier molecular flexibility index (Phi) is 5.77. The van der Waals surface area contributed by atoms with E-state index in [1.165, 1.54) is 11.8 Å². The molecule has 0 aromatic carbocycles. The van der Waals surface area contributed by atoms with Crippen LogP contribution in [0.1, 0.15) is 11.4 Å². The van der Waals surface area contributed by atoms with Gasteiger partial charge >= 0.3 is 6.03 Å². The maximum Gasteiger partial charge on any atom is 0.319 e. The summed E-state index contributed by atoms with van der Waals surface area (Å²) in [6, 6.07) is 7.56. The SMILES string of the molecule is CN(C)C(=O)N1CCn2nc(CNC(=O)CSc3ccccn3)cc2C1. The summed E-state index contributed by atoms with van der Waals surface area (Å²) in [6.45, 7) is 2.22. The van der Waals surface area contributed by atoms with Crippen LogP contribution in [0.2, 0.25) is 0 Å². The third kappa shape index (κ3) is 4.54. The Labute approximate surface area is 156 Å². The molecule has 0 atom stereocenters. The number of hydrogen-bond acceptors (Lipinski definition) is 5. The summed E-state index contributed by atoms with van der Waals surface area (Å²) in [6.07, 6.45) is 1.71. The Bertz CT molecular complexity index is 777. The van der Waals surface area contributed by atoms with Crippen molar-refractivity contribution >= 4 is 23.7 Å². The van der Waals surface area contributed by atoms with Crippen molar-refractivity contribution in [2.75, 3.05) is 26.4 Å². The zero-order valence-corrected chi connectivity index (χ0v) is 15.7. The maximum atomic E-state index is 12.1. The van der Waals surface area contributed by atoms with Gasteiger partial charge < -0.3 is 15.1 Å². The Hall–Kier alpha value is -2.55. The largest absolute Gasteiger partial charge is 0.350 e. The van der Waals surface area contributed by atoms with E-state index in [0.717, 1.165) is 16.4 Å². The zero-order chi connectivity index (χ0) is 18.5. The summed E-state index contributed by atoms with van der Waals surface area (Å²) in [5.74, 6) is 0.256. The topological polar surface area (TPSA) is 83.4 Å². The number of carbonyl (C=O) groups excluding carboxylic acids is 2. The Morgan fingerprint density at radius 1 is 1.31 bits per heavy atom. The number of nitrogens with one attached hydrogen (secondary N) is 1. The second-order valence-electron chi connectivity index (χ2n) is 6.18. The van der Waals surface area contributed by atoms with Gasteiger partial charge in [-0.25, -0.2) is 9.78 Å². The summed E-state index contributed by atoms with van der Waals surface area (Å²) in [5.41, 5.74) is 1.79. The molecule has 3 amide bonds. The van der Waals surface area contributed by atoms with Crippen molar-refractivity contribution in [3.05, 3.63) is 41.9 Å². The average molecular weight is 374 g/mol. The normalized spacial score (nSPS) is 13.2. The van der Waals surface area contributed by atoms with Crippen LogP contribution in [0.5, 0.6) is 0 Å². The molecule has 0 bridgehead atoms. The van der Waals surface area contributed by atoms with Crippen molar-refractivity contribution in [1.29, 1.82) is 0 Å². The predicted octanol–water partition coefficient (Wildman–Crippen LogP) is 1.18. The molecule has 0 spiro atoms. The second-order valence-corrected chi connectivity index (χ2v) is 7.18. The highest BCUT2D eigenvalue weighted by atomic mass is 32.2. The van der Waals surface area contributed by atoms with E-state index in [9.17, 15) is 9.59 Å². The lowest BCUT2D eigenvalue weighted by Gasteiger charge is -2.29. The summed E-state index contributed by atoms with van der Waals surface area (Å²) < 4.78 is 1.91. The molecular weight excluding hydrogens is 352 g/mol. The lowest BCUT2D eigenvalue weighted by molar-refractivity contribution is -0.118. The molecule has 1 aliphatic heterocycles. The number of nitrogens with zero attached hydrogens (tertiary/aromatic N) is 5. The van der Waals surface area contributed by atoms with Gasteiger partial charge in [0.25, 0.3) is 0 Å². The van der Waals surface area contributed by atoms with Crippen LogP contribution < -0.4 is 5.32 Å². The Morgan fingerprint density at radius 3 is 2.88 bits per heavy atom. The van der Waals surface area contributed by atoms with Crippen LogP contribution in [0.3, 0.4) is 0 Å². The van der Waals surface area contributed by atoms with Gasteiger partial charge in [0.15, 0.2) is 0 Å². The molecule has 8 nitrogen and oxygen atoms in total. The van der Waals surface area contributed by atoms with Crippen LogP contribution in [-0.4, -0.2) is 62.9 Å². The number of aromatic nitrogens is 3. The van der Waals surface area contributed by atoms with Crippen LogP contribution in [-0.2, 0) is 24.4 Å². The highest BCUT2D eigenvalue weighted by molar-refractivity contribution is 7.99. The molecule has 1 N–H and O–H groups in total. The molecule has 138 valence electrons. The minimum Gasteiger partial charge on any atom is -0.350 e. The van der Waals surface area contributed by atoms with Gasteiger partial charge in [-0.2, -0.15) is 5.10 Å². The third-order valence-electron chi connectivity index (χ3n) is 3.96. The first kappa shape index (κ1) is 18.2. The molecule has 0 saturated heterocycles. The van der Waals surface area contributed by atoms with Crippen LogP contribution in [0.4, 0.5) is 4.79 Å². The first-order chi connectivity index (χ1) is 12.5. The van der Waals surface area contributed by atoms with Crippen molar-refractivity contribution in [1.82, 2.24) is 29.9 Å². The molecule has 26 heavy (non-hydrogen) atoms. The lowest BCUT2D eigenvalue weighted by atomic mass is 10.3. The van der Waals surface area contributed by atoms with E-state index in [2.05, 4.69) is 15.4 Å². The Balaban J connectivity index is 1.49. The van der Waals surface area contributed by atoms with E-state index < -0.39 is 0 Å². The van der Waals surface area contributed by atoms with Gasteiger partial charge in [-0.1, -0.05) is 17.8 Å². The van der Waals surface area contributed by atoms with Gasteiger partial charge in [-0.05, 0) is 18.2 Å². The van der Waals surface area contributed by atoms with Gasteiger partial charge in [0.1, 0.15) is 0 Å². The highest BCUT2D eigenvalue weighted by Crippen LogP contribution is 2.15. The average Bonchev–Trinajstić information content (AvgIpc) is 3.07. The van der Waals surface area contributed by atoms with Crippen molar-refractivity contribution in [2.45, 2.75) is 24.7 Å². The minimum atomic E-state index is -0.0592. The van der Waals surface area contributed by atoms with Crippen LogP contribution in [0, 0.1) is 0 Å². The standard InChI is InChI=1S/C17H22N6O2S/c1-21(2)17(25)22-7-8-23-14(11-22)9-13(20-23)10-19-15(24)12-26-16-5-3-4-6-18-16/h3-6,9H,7-8,10-12H2,1-2H3,(H,19,24). The summed E-state index contributed by atoms with van der Waals surface area (Å²) in [7, 11) is 3.50. The molecule has 0 radical (unpaired) electrons. The monoisotopic (exact) mass is 374 g/mol. The van der Waals surface area contributed by atoms with Crippen molar-refractivity contribution in [3.8, 4) is 0 Å². The predicted molar refractivity (Wildman–Crippen MR) is 98.5 cm³/mol. The van der Waals surface area contributed by atoms with E-state index >= 15 is 0 Å². The first-order valence-corrected chi connectivity index (χ1v) is 9.34. The number of urea groups is 1. The molecule has 2 aromatic heterocycles. The van der Waals surface area contributed by atoms with E-state index in [1.54, 1.807) is 30.1 Å². The van der Waals surface area contributed by atoms with Crippen molar-refractivity contribution in [3.63, 3.8) is 0 Å². The molecule has 0 aliphatic carbocycles. The van der Waals surface area contributed by atoms with E-state index in [1.807, 2.05) is 28.9 Å². The zero-order valence-electron chi connectivity index (χ0n) is 14.9. The second kappa shape index (κ2) is 8.22. The molecule has 9 heteroatoms. The quantitative estimate of drug-likeness (QED) is 0.795. The van der Waals surface area contributed by atoms with Crippen LogP contribution >= 0.6 is 11.8 Å². The smallest absolute Gasteiger partial charge is 0.319 e. The molecule has 0 fully saturated rings. The lowest BCUT2D eigenvalue weighted by Crippen LogP contribution is -2.43. The number of fused-ring (bicyclic) bond motifs is 1. The van der Waals surface area contributed by atoms with Crippen LogP contribution in [0.25, 0.3) is 0 Å². The molecular formula is C17H22N6O2S. The summed E-state index contributed by atoms with van der Waals surface area (Å²) in [5, 5.41) is 8.21. The number of hydrogen-bond donors (Lipinski definition) is 1. The van der Waals surface area contributed by atoms with Crippen molar-refractivity contribution < 1.29 is 9.59 Å². The van der Waals surface area contributed by atoms with E-state index in [0.29, 0.717) is 31.9 Å². The van der Waals surface area contributed by atoms with Gasteiger partial charge in [-0.3, -0.25) is 9.48 Å².